The Kier molecular flexibility index (Phi) is 6.37. The zero-order chi connectivity index (χ0) is 25.1. The molecule has 0 aliphatic heterocycles. The molecule has 36 heavy (non-hydrogen) atoms. The zero-order valence-electron chi connectivity index (χ0n) is 20.1. The van der Waals surface area contributed by atoms with E-state index in [-0.39, 0.29) is 6.61 Å². The van der Waals surface area contributed by atoms with Gasteiger partial charge in [0.05, 0.1) is 17.7 Å². The number of hydrogen-bond donors (Lipinski definition) is 0. The van der Waals surface area contributed by atoms with Crippen LogP contribution in [0.15, 0.2) is 97.1 Å². The summed E-state index contributed by atoms with van der Waals surface area (Å²) in [5.74, 6) is -0.525. The van der Waals surface area contributed by atoms with Crippen molar-refractivity contribution < 1.29 is 19.1 Å². The van der Waals surface area contributed by atoms with Crippen molar-refractivity contribution in [1.29, 1.82) is 0 Å². The molecule has 0 atom stereocenters. The molecule has 0 saturated carbocycles. The van der Waals surface area contributed by atoms with Crippen molar-refractivity contribution in [3.8, 4) is 11.4 Å². The van der Waals surface area contributed by atoms with E-state index in [0.29, 0.717) is 16.7 Å². The maximum atomic E-state index is 13.1. The molecule has 5 rings (SSSR count). The second kappa shape index (κ2) is 9.92. The molecule has 0 unspecified atom stereocenters. The molecule has 5 aromatic rings. The highest BCUT2D eigenvalue weighted by Gasteiger charge is 2.25. The van der Waals surface area contributed by atoms with Gasteiger partial charge in [-0.05, 0) is 43.7 Å². The number of para-hydroxylation sites is 1. The lowest BCUT2D eigenvalue weighted by Crippen LogP contribution is -2.07. The number of carbonyl (C=O) groups excluding carboxylic acids is 2. The number of rotatable bonds is 6. The first-order valence-corrected chi connectivity index (χ1v) is 11.8. The normalized spacial score (nSPS) is 11.3. The quantitative estimate of drug-likeness (QED) is 0.152. The average molecular weight is 476 g/mol. The first-order chi connectivity index (χ1) is 17.6. The Hall–Kier alpha value is -4.64. The highest BCUT2D eigenvalue weighted by Crippen LogP contribution is 2.39. The Morgan fingerprint density at radius 2 is 1.47 bits per heavy atom. The summed E-state index contributed by atoms with van der Waals surface area (Å²) in [5.41, 5.74) is 3.90. The number of benzene rings is 4. The first-order valence-electron chi connectivity index (χ1n) is 11.8. The lowest BCUT2D eigenvalue weighted by atomic mass is 10.0. The fourth-order valence-electron chi connectivity index (χ4n) is 4.55. The van der Waals surface area contributed by atoms with Gasteiger partial charge in [0.2, 0.25) is 0 Å². The summed E-state index contributed by atoms with van der Waals surface area (Å²) >= 11 is 0. The minimum absolute atomic E-state index is 0.260. The molecule has 0 bridgehead atoms. The summed E-state index contributed by atoms with van der Waals surface area (Å²) in [6, 6.07) is 28.9. The third-order valence-electron chi connectivity index (χ3n) is 6.08. The van der Waals surface area contributed by atoms with Crippen LogP contribution >= 0.6 is 0 Å². The van der Waals surface area contributed by atoms with Crippen LogP contribution in [0, 0.1) is 6.92 Å². The molecule has 178 valence electrons. The molecular formula is C31H25NO4. The second-order valence-corrected chi connectivity index (χ2v) is 8.33. The molecule has 0 radical (unpaired) electrons. The molecule has 5 nitrogen and oxygen atoms in total. The standard InChI is InChI=1S/C31H25NO4/c1-3-35-31(34)29-21(2)32(23-14-8-5-9-15-23)30-25-17-11-10-16-24(25)27(20-26(29)30)36-28(33)19-18-22-12-6-4-7-13-22/h4-20H,3H2,1-2H3/b19-18+. The van der Waals surface area contributed by atoms with E-state index in [1.807, 2.05) is 91.9 Å². The summed E-state index contributed by atoms with van der Waals surface area (Å²) in [4.78, 5) is 25.9. The van der Waals surface area contributed by atoms with E-state index < -0.39 is 11.9 Å². The summed E-state index contributed by atoms with van der Waals surface area (Å²) in [5, 5.41) is 2.31. The maximum Gasteiger partial charge on any atom is 0.340 e. The van der Waals surface area contributed by atoms with Gasteiger partial charge in [-0.1, -0.05) is 72.8 Å². The van der Waals surface area contributed by atoms with Crippen LogP contribution in [0.5, 0.6) is 5.75 Å². The van der Waals surface area contributed by atoms with Gasteiger partial charge in [0, 0.05) is 33.6 Å². The molecule has 1 aromatic heterocycles. The summed E-state index contributed by atoms with van der Waals surface area (Å²) in [7, 11) is 0. The number of ether oxygens (including phenoxy) is 2. The number of nitrogens with zero attached hydrogens (tertiary/aromatic N) is 1. The molecule has 0 amide bonds. The maximum absolute atomic E-state index is 13.1. The van der Waals surface area contributed by atoms with Crippen LogP contribution in [0.1, 0.15) is 28.5 Å². The lowest BCUT2D eigenvalue weighted by Gasteiger charge is -2.12. The molecule has 0 N–H and O–H groups in total. The Labute approximate surface area is 209 Å². The van der Waals surface area contributed by atoms with E-state index in [2.05, 4.69) is 4.57 Å². The van der Waals surface area contributed by atoms with Gasteiger partial charge in [-0.15, -0.1) is 0 Å². The van der Waals surface area contributed by atoms with Crippen molar-refractivity contribution in [3.63, 3.8) is 0 Å². The van der Waals surface area contributed by atoms with Gasteiger partial charge in [-0.25, -0.2) is 9.59 Å². The predicted molar refractivity (Wildman–Crippen MR) is 143 cm³/mol. The van der Waals surface area contributed by atoms with Crippen molar-refractivity contribution in [3.05, 3.63) is 114 Å². The second-order valence-electron chi connectivity index (χ2n) is 8.33. The smallest absolute Gasteiger partial charge is 0.340 e. The zero-order valence-corrected chi connectivity index (χ0v) is 20.1. The molecule has 0 saturated heterocycles. The Balaban J connectivity index is 1.71. The van der Waals surface area contributed by atoms with Gasteiger partial charge in [0.15, 0.2) is 0 Å². The van der Waals surface area contributed by atoms with Crippen molar-refractivity contribution in [2.75, 3.05) is 6.61 Å². The molecule has 0 aliphatic carbocycles. The highest BCUT2D eigenvalue weighted by atomic mass is 16.5. The van der Waals surface area contributed by atoms with Crippen LogP contribution in [-0.2, 0) is 9.53 Å². The highest BCUT2D eigenvalue weighted by molar-refractivity contribution is 6.17. The lowest BCUT2D eigenvalue weighted by molar-refractivity contribution is -0.128. The van der Waals surface area contributed by atoms with Crippen molar-refractivity contribution in [2.24, 2.45) is 0 Å². The number of carbonyl (C=O) groups is 2. The van der Waals surface area contributed by atoms with E-state index in [4.69, 9.17) is 9.47 Å². The van der Waals surface area contributed by atoms with Gasteiger partial charge in [0.1, 0.15) is 5.75 Å². The largest absolute Gasteiger partial charge is 0.462 e. The Morgan fingerprint density at radius 1 is 0.833 bits per heavy atom. The molecule has 0 fully saturated rings. The Bertz CT molecular complexity index is 1600. The molecule has 5 heteroatoms. The predicted octanol–water partition coefficient (Wildman–Crippen LogP) is 6.89. The third kappa shape index (κ3) is 4.27. The van der Waals surface area contributed by atoms with Gasteiger partial charge in [-0.3, -0.25) is 0 Å². The molecule has 0 aliphatic rings. The molecular weight excluding hydrogens is 450 g/mol. The van der Waals surface area contributed by atoms with Crippen molar-refractivity contribution >= 4 is 39.7 Å². The molecule has 4 aromatic carbocycles. The van der Waals surface area contributed by atoms with Gasteiger partial charge < -0.3 is 14.0 Å². The number of aromatic nitrogens is 1. The van der Waals surface area contributed by atoms with E-state index in [1.54, 1.807) is 19.1 Å². The monoisotopic (exact) mass is 475 g/mol. The van der Waals surface area contributed by atoms with E-state index in [0.717, 1.165) is 33.2 Å². The topological polar surface area (TPSA) is 57.5 Å². The summed E-state index contributed by atoms with van der Waals surface area (Å²) < 4.78 is 13.3. The average Bonchev–Trinajstić information content (AvgIpc) is 3.20. The van der Waals surface area contributed by atoms with Gasteiger partial charge in [0.25, 0.3) is 0 Å². The van der Waals surface area contributed by atoms with Gasteiger partial charge >= 0.3 is 11.9 Å². The van der Waals surface area contributed by atoms with Crippen LogP contribution < -0.4 is 4.74 Å². The fraction of sp³-hybridized carbons (Fsp3) is 0.0968. The SMILES string of the molecule is CCOC(=O)c1c(C)n(-c2ccccc2)c2c1cc(OC(=O)/C=C/c1ccccc1)c1ccccc12. The number of fused-ring (bicyclic) bond motifs is 3. The van der Waals surface area contributed by atoms with E-state index >= 15 is 0 Å². The number of hydrogen-bond acceptors (Lipinski definition) is 4. The number of esters is 2. The van der Waals surface area contributed by atoms with Gasteiger partial charge in [-0.2, -0.15) is 0 Å². The van der Waals surface area contributed by atoms with E-state index in [9.17, 15) is 9.59 Å². The van der Waals surface area contributed by atoms with Crippen LogP contribution in [0.3, 0.4) is 0 Å². The van der Waals surface area contributed by atoms with Crippen molar-refractivity contribution in [1.82, 2.24) is 4.57 Å². The van der Waals surface area contributed by atoms with Crippen LogP contribution in [0.4, 0.5) is 0 Å². The summed E-state index contributed by atoms with van der Waals surface area (Å²) in [6.07, 6.45) is 3.12. The van der Waals surface area contributed by atoms with E-state index in [1.165, 1.54) is 6.08 Å². The molecule has 0 spiro atoms. The molecule has 1 heterocycles. The minimum Gasteiger partial charge on any atom is -0.462 e. The van der Waals surface area contributed by atoms with Crippen molar-refractivity contribution in [2.45, 2.75) is 13.8 Å². The minimum atomic E-state index is -0.500. The van der Waals surface area contributed by atoms with Crippen LogP contribution in [0.2, 0.25) is 0 Å². The first kappa shape index (κ1) is 23.1. The summed E-state index contributed by atoms with van der Waals surface area (Å²) in [6.45, 7) is 3.95. The fourth-order valence-corrected chi connectivity index (χ4v) is 4.55. The van der Waals surface area contributed by atoms with Crippen LogP contribution in [-0.4, -0.2) is 23.1 Å². The third-order valence-corrected chi connectivity index (χ3v) is 6.08. The van der Waals surface area contributed by atoms with Crippen LogP contribution in [0.25, 0.3) is 33.4 Å². The Morgan fingerprint density at radius 3 is 2.17 bits per heavy atom.